The summed E-state index contributed by atoms with van der Waals surface area (Å²) in [6.07, 6.45) is 1.95. The van der Waals surface area contributed by atoms with Gasteiger partial charge in [0, 0.05) is 18.7 Å². The van der Waals surface area contributed by atoms with Gasteiger partial charge in [-0.1, -0.05) is 11.6 Å². The average Bonchev–Trinajstić information content (AvgIpc) is 2.20. The summed E-state index contributed by atoms with van der Waals surface area (Å²) in [4.78, 5) is 10.5. The molecule has 0 unspecified atom stereocenters. The summed E-state index contributed by atoms with van der Waals surface area (Å²) in [6.45, 7) is 7.78. The molecule has 2 atom stereocenters. The number of hydrogen-bond acceptors (Lipinski definition) is 4. The molecule has 1 aromatic rings. The summed E-state index contributed by atoms with van der Waals surface area (Å²) in [5.41, 5.74) is 0.936. The van der Waals surface area contributed by atoms with Crippen molar-refractivity contribution in [2.24, 2.45) is 0 Å². The van der Waals surface area contributed by atoms with Crippen LogP contribution in [0.5, 0.6) is 0 Å². The zero-order chi connectivity index (χ0) is 11.7. The Bertz CT molecular complexity index is 375. The van der Waals surface area contributed by atoms with Crippen molar-refractivity contribution in [3.05, 3.63) is 17.0 Å². The van der Waals surface area contributed by atoms with Crippen LogP contribution in [0.1, 0.15) is 19.4 Å². The van der Waals surface area contributed by atoms with Crippen LogP contribution in [0, 0.1) is 6.92 Å². The van der Waals surface area contributed by atoms with Gasteiger partial charge >= 0.3 is 0 Å². The molecular weight excluding hydrogens is 226 g/mol. The molecule has 1 fully saturated rings. The van der Waals surface area contributed by atoms with Gasteiger partial charge in [-0.3, -0.25) is 0 Å². The molecule has 0 amide bonds. The minimum Gasteiger partial charge on any atom is -0.372 e. The van der Waals surface area contributed by atoms with E-state index in [0.717, 1.165) is 24.5 Å². The summed E-state index contributed by atoms with van der Waals surface area (Å²) in [5.74, 6) is 0.919. The highest BCUT2D eigenvalue weighted by Gasteiger charge is 2.24. The van der Waals surface area contributed by atoms with Gasteiger partial charge < -0.3 is 9.64 Å². The molecule has 0 aliphatic carbocycles. The van der Waals surface area contributed by atoms with Gasteiger partial charge in [0.05, 0.1) is 12.2 Å². The van der Waals surface area contributed by atoms with Crippen molar-refractivity contribution in [2.75, 3.05) is 18.0 Å². The molecule has 0 radical (unpaired) electrons. The molecule has 0 spiro atoms. The van der Waals surface area contributed by atoms with Crippen molar-refractivity contribution in [3.8, 4) is 0 Å². The first kappa shape index (κ1) is 11.6. The van der Waals surface area contributed by atoms with Crippen LogP contribution in [0.3, 0.4) is 0 Å². The molecule has 1 saturated heterocycles. The summed E-state index contributed by atoms with van der Waals surface area (Å²) < 4.78 is 5.69. The molecule has 1 aliphatic rings. The zero-order valence-corrected chi connectivity index (χ0v) is 10.5. The molecule has 1 aromatic heterocycles. The fraction of sp³-hybridized carbons (Fsp3) is 0.636. The predicted octanol–water partition coefficient (Wildman–Crippen LogP) is 2.05. The zero-order valence-electron chi connectivity index (χ0n) is 9.77. The molecule has 16 heavy (non-hydrogen) atoms. The van der Waals surface area contributed by atoms with Crippen LogP contribution >= 0.6 is 11.6 Å². The van der Waals surface area contributed by atoms with Gasteiger partial charge in [0.15, 0.2) is 0 Å². The van der Waals surface area contributed by atoms with E-state index in [4.69, 9.17) is 16.3 Å². The second-order valence-electron chi connectivity index (χ2n) is 4.28. The second-order valence-corrected chi connectivity index (χ2v) is 4.63. The van der Waals surface area contributed by atoms with E-state index in [1.165, 1.54) is 6.33 Å². The number of anilines is 1. The normalized spacial score (nSPS) is 25.9. The molecule has 1 aliphatic heterocycles. The van der Waals surface area contributed by atoms with E-state index in [2.05, 4.69) is 28.7 Å². The van der Waals surface area contributed by atoms with Crippen molar-refractivity contribution in [2.45, 2.75) is 33.0 Å². The minimum absolute atomic E-state index is 0.219. The van der Waals surface area contributed by atoms with Crippen LogP contribution < -0.4 is 4.90 Å². The number of halogens is 1. The Morgan fingerprint density at radius 2 is 1.94 bits per heavy atom. The lowest BCUT2D eigenvalue weighted by atomic mass is 10.2. The third-order valence-electron chi connectivity index (χ3n) is 2.72. The highest BCUT2D eigenvalue weighted by Crippen LogP contribution is 2.24. The lowest BCUT2D eigenvalue weighted by molar-refractivity contribution is -0.00549. The lowest BCUT2D eigenvalue weighted by Gasteiger charge is -2.36. The molecule has 0 N–H and O–H groups in total. The molecule has 0 saturated carbocycles. The van der Waals surface area contributed by atoms with Gasteiger partial charge in [-0.25, -0.2) is 9.97 Å². The summed E-state index contributed by atoms with van der Waals surface area (Å²) in [6, 6.07) is 0. The average molecular weight is 242 g/mol. The quantitative estimate of drug-likeness (QED) is 0.706. The maximum absolute atomic E-state index is 6.00. The Balaban J connectivity index is 2.26. The molecule has 2 heterocycles. The summed E-state index contributed by atoms with van der Waals surface area (Å²) in [5, 5.41) is 0.525. The SMILES string of the molecule is Cc1c(Cl)ncnc1N1C[C@@H](C)O[C@@H](C)C1. The maximum Gasteiger partial charge on any atom is 0.137 e. The van der Waals surface area contributed by atoms with E-state index in [1.807, 2.05) is 6.92 Å². The Hall–Kier alpha value is -0.870. The molecule has 4 nitrogen and oxygen atoms in total. The molecule has 0 aromatic carbocycles. The Labute approximate surface area is 101 Å². The van der Waals surface area contributed by atoms with Crippen molar-refractivity contribution in [1.82, 2.24) is 9.97 Å². The lowest BCUT2D eigenvalue weighted by Crippen LogP contribution is -2.46. The third kappa shape index (κ3) is 2.28. The van der Waals surface area contributed by atoms with Crippen molar-refractivity contribution < 1.29 is 4.74 Å². The second kappa shape index (κ2) is 4.55. The monoisotopic (exact) mass is 241 g/mol. The molecule has 5 heteroatoms. The highest BCUT2D eigenvalue weighted by molar-refractivity contribution is 6.30. The number of nitrogens with zero attached hydrogens (tertiary/aromatic N) is 3. The van der Waals surface area contributed by atoms with Crippen LogP contribution in [-0.2, 0) is 4.74 Å². The Morgan fingerprint density at radius 3 is 2.56 bits per heavy atom. The minimum atomic E-state index is 0.219. The van der Waals surface area contributed by atoms with Crippen LogP contribution in [0.25, 0.3) is 0 Å². The van der Waals surface area contributed by atoms with Gasteiger partial charge in [0.25, 0.3) is 0 Å². The smallest absolute Gasteiger partial charge is 0.137 e. The van der Waals surface area contributed by atoms with Crippen LogP contribution in [0.2, 0.25) is 5.15 Å². The third-order valence-corrected chi connectivity index (χ3v) is 3.10. The van der Waals surface area contributed by atoms with Crippen molar-refractivity contribution in [3.63, 3.8) is 0 Å². The van der Waals surface area contributed by atoms with E-state index in [1.54, 1.807) is 0 Å². The van der Waals surface area contributed by atoms with Crippen LogP contribution in [0.4, 0.5) is 5.82 Å². The first-order valence-electron chi connectivity index (χ1n) is 5.45. The number of morpholine rings is 1. The molecule has 88 valence electrons. The topological polar surface area (TPSA) is 38.2 Å². The summed E-state index contributed by atoms with van der Waals surface area (Å²) >= 11 is 6.00. The van der Waals surface area contributed by atoms with Gasteiger partial charge in [-0.05, 0) is 20.8 Å². The first-order chi connectivity index (χ1) is 7.58. The Kier molecular flexibility index (Phi) is 3.30. The van der Waals surface area contributed by atoms with Crippen LogP contribution in [-0.4, -0.2) is 35.3 Å². The summed E-state index contributed by atoms with van der Waals surface area (Å²) in [7, 11) is 0. The number of rotatable bonds is 1. The fourth-order valence-corrected chi connectivity index (χ4v) is 2.22. The Morgan fingerprint density at radius 1 is 1.31 bits per heavy atom. The van der Waals surface area contributed by atoms with Gasteiger partial charge in [0.1, 0.15) is 17.3 Å². The predicted molar refractivity (Wildman–Crippen MR) is 64.0 cm³/mol. The van der Waals surface area contributed by atoms with Crippen molar-refractivity contribution in [1.29, 1.82) is 0 Å². The van der Waals surface area contributed by atoms with Crippen LogP contribution in [0.15, 0.2) is 6.33 Å². The number of aromatic nitrogens is 2. The van der Waals surface area contributed by atoms with E-state index >= 15 is 0 Å². The van der Waals surface area contributed by atoms with E-state index < -0.39 is 0 Å². The number of hydrogen-bond donors (Lipinski definition) is 0. The largest absolute Gasteiger partial charge is 0.372 e. The van der Waals surface area contributed by atoms with Gasteiger partial charge in [-0.15, -0.1) is 0 Å². The van der Waals surface area contributed by atoms with Gasteiger partial charge in [0.2, 0.25) is 0 Å². The number of ether oxygens (including phenoxy) is 1. The standard InChI is InChI=1S/C11H16ClN3O/c1-7-4-15(5-8(2)16-7)11-9(3)10(12)13-6-14-11/h6-8H,4-5H2,1-3H3/t7-,8+. The van der Waals surface area contributed by atoms with Gasteiger partial charge in [-0.2, -0.15) is 0 Å². The maximum atomic E-state index is 6.00. The van der Waals surface area contributed by atoms with E-state index in [9.17, 15) is 0 Å². The molecule has 0 bridgehead atoms. The molecule has 2 rings (SSSR count). The van der Waals surface area contributed by atoms with E-state index in [-0.39, 0.29) is 12.2 Å². The van der Waals surface area contributed by atoms with E-state index in [0.29, 0.717) is 5.15 Å². The first-order valence-corrected chi connectivity index (χ1v) is 5.83. The van der Waals surface area contributed by atoms with Crippen molar-refractivity contribution >= 4 is 17.4 Å². The highest BCUT2D eigenvalue weighted by atomic mass is 35.5. The fourth-order valence-electron chi connectivity index (χ4n) is 2.09. The molecular formula is C11H16ClN3O.